The highest BCUT2D eigenvalue weighted by molar-refractivity contribution is 5.91. The molecule has 1 fully saturated rings. The molecule has 0 saturated carbocycles. The van der Waals surface area contributed by atoms with Crippen LogP contribution in [0.3, 0.4) is 0 Å². The minimum atomic E-state index is -0.646. The lowest BCUT2D eigenvalue weighted by atomic mass is 9.92. The van der Waals surface area contributed by atoms with Crippen molar-refractivity contribution < 1.29 is 13.6 Å². The number of carbonyl (C=O) groups is 1. The lowest BCUT2D eigenvalue weighted by Gasteiger charge is -2.19. The fourth-order valence-electron chi connectivity index (χ4n) is 3.84. The van der Waals surface area contributed by atoms with Crippen LogP contribution in [0.15, 0.2) is 54.7 Å². The summed E-state index contributed by atoms with van der Waals surface area (Å²) in [7, 11) is 0. The molecule has 150 valence electrons. The van der Waals surface area contributed by atoms with Gasteiger partial charge in [-0.15, -0.1) is 5.10 Å². The number of hydrogen-bond acceptors (Lipinski definition) is 3. The van der Waals surface area contributed by atoms with Gasteiger partial charge in [-0.1, -0.05) is 41.6 Å². The molecule has 0 N–H and O–H groups in total. The predicted octanol–water partition coefficient (Wildman–Crippen LogP) is 4.01. The van der Waals surface area contributed by atoms with Gasteiger partial charge in [0.1, 0.15) is 11.6 Å². The van der Waals surface area contributed by atoms with E-state index in [1.165, 1.54) is 34.6 Å². The van der Waals surface area contributed by atoms with Crippen molar-refractivity contribution in [3.05, 3.63) is 83.2 Å². The fraction of sp³-hybridized carbons (Fsp3) is 0.318. The first kappa shape index (κ1) is 19.2. The lowest BCUT2D eigenvalue weighted by Crippen LogP contribution is -2.32. The summed E-state index contributed by atoms with van der Waals surface area (Å²) >= 11 is 0. The summed E-state index contributed by atoms with van der Waals surface area (Å²) in [5.41, 5.74) is 1.40. The zero-order valence-corrected chi connectivity index (χ0v) is 16.0. The van der Waals surface area contributed by atoms with Crippen molar-refractivity contribution in [3.63, 3.8) is 0 Å². The molecule has 4 rings (SSSR count). The van der Waals surface area contributed by atoms with Gasteiger partial charge >= 0.3 is 0 Å². The molecular weight excluding hydrogens is 374 g/mol. The molecule has 0 spiro atoms. The van der Waals surface area contributed by atoms with Gasteiger partial charge in [0.05, 0.1) is 12.7 Å². The highest BCUT2D eigenvalue weighted by Gasteiger charge is 2.24. The lowest BCUT2D eigenvalue weighted by molar-refractivity contribution is 0.0755. The maximum atomic E-state index is 13.8. The van der Waals surface area contributed by atoms with E-state index in [0.29, 0.717) is 19.0 Å². The minimum absolute atomic E-state index is 0.100. The van der Waals surface area contributed by atoms with Gasteiger partial charge < -0.3 is 4.90 Å². The summed E-state index contributed by atoms with van der Waals surface area (Å²) in [6.45, 7) is 1.19. The molecule has 1 aliphatic heterocycles. The molecule has 0 aliphatic carbocycles. The summed E-state index contributed by atoms with van der Waals surface area (Å²) in [6.07, 6.45) is 4.30. The number of halogens is 2. The van der Waals surface area contributed by atoms with E-state index >= 15 is 0 Å². The van der Waals surface area contributed by atoms with Gasteiger partial charge in [-0.2, -0.15) is 0 Å². The van der Waals surface area contributed by atoms with E-state index in [9.17, 15) is 13.6 Å². The Labute approximate surface area is 168 Å². The molecule has 29 heavy (non-hydrogen) atoms. The molecule has 1 aliphatic rings. The van der Waals surface area contributed by atoms with Gasteiger partial charge in [0, 0.05) is 18.7 Å². The third-order valence-corrected chi connectivity index (χ3v) is 5.43. The van der Waals surface area contributed by atoms with E-state index in [-0.39, 0.29) is 23.7 Å². The first-order chi connectivity index (χ1) is 14.1. The van der Waals surface area contributed by atoms with E-state index in [4.69, 9.17) is 0 Å². The number of benzene rings is 2. The number of amides is 1. The standard InChI is InChI=1S/C22H22F2N4O/c23-19-9-4-10-20(24)18(19)14-28-15-21(25-26-28)22(29)27-12-5-8-17(11-13-27)16-6-2-1-3-7-16/h1-4,6-7,9-10,15,17H,5,8,11-14H2/t17-/m0/s1. The van der Waals surface area contributed by atoms with Crippen molar-refractivity contribution in [2.45, 2.75) is 31.7 Å². The smallest absolute Gasteiger partial charge is 0.276 e. The molecule has 2 aromatic carbocycles. The number of nitrogens with zero attached hydrogens (tertiary/aromatic N) is 4. The predicted molar refractivity (Wildman–Crippen MR) is 104 cm³/mol. The second-order valence-electron chi connectivity index (χ2n) is 7.33. The Balaban J connectivity index is 1.42. The average molecular weight is 396 g/mol. The Morgan fingerprint density at radius 1 is 1.00 bits per heavy atom. The van der Waals surface area contributed by atoms with Crippen molar-refractivity contribution in [1.29, 1.82) is 0 Å². The quantitative estimate of drug-likeness (QED) is 0.669. The van der Waals surface area contributed by atoms with Crippen LogP contribution < -0.4 is 0 Å². The number of carbonyl (C=O) groups excluding carboxylic acids is 1. The molecule has 1 saturated heterocycles. The Morgan fingerprint density at radius 3 is 2.52 bits per heavy atom. The Morgan fingerprint density at radius 2 is 1.76 bits per heavy atom. The fourth-order valence-corrected chi connectivity index (χ4v) is 3.84. The van der Waals surface area contributed by atoms with Crippen LogP contribution in [0.4, 0.5) is 8.78 Å². The molecule has 5 nitrogen and oxygen atoms in total. The monoisotopic (exact) mass is 396 g/mol. The molecule has 1 amide bonds. The van der Waals surface area contributed by atoms with Crippen molar-refractivity contribution in [1.82, 2.24) is 19.9 Å². The molecule has 2 heterocycles. The number of likely N-dealkylation sites (tertiary alicyclic amines) is 1. The van der Waals surface area contributed by atoms with E-state index in [2.05, 4.69) is 22.4 Å². The average Bonchev–Trinajstić information content (AvgIpc) is 3.06. The third-order valence-electron chi connectivity index (χ3n) is 5.43. The highest BCUT2D eigenvalue weighted by atomic mass is 19.1. The van der Waals surface area contributed by atoms with Crippen LogP contribution >= 0.6 is 0 Å². The maximum Gasteiger partial charge on any atom is 0.276 e. The van der Waals surface area contributed by atoms with Crippen LogP contribution in [-0.2, 0) is 6.54 Å². The molecular formula is C22H22F2N4O. The summed E-state index contributed by atoms with van der Waals surface area (Å²) < 4.78 is 29.0. The third kappa shape index (κ3) is 4.34. The number of aromatic nitrogens is 3. The summed E-state index contributed by atoms with van der Waals surface area (Å²) in [5.74, 6) is -1.05. The summed E-state index contributed by atoms with van der Waals surface area (Å²) in [4.78, 5) is 14.6. The number of hydrogen-bond donors (Lipinski definition) is 0. The zero-order valence-electron chi connectivity index (χ0n) is 16.0. The van der Waals surface area contributed by atoms with Crippen LogP contribution in [0, 0.1) is 11.6 Å². The molecule has 7 heteroatoms. The Kier molecular flexibility index (Phi) is 5.64. The topological polar surface area (TPSA) is 51.0 Å². The van der Waals surface area contributed by atoms with Crippen LogP contribution in [0.5, 0.6) is 0 Å². The first-order valence-electron chi connectivity index (χ1n) is 9.79. The van der Waals surface area contributed by atoms with Gasteiger partial charge in [-0.25, -0.2) is 13.5 Å². The van der Waals surface area contributed by atoms with E-state index < -0.39 is 11.6 Å². The van der Waals surface area contributed by atoms with Crippen LogP contribution in [0.1, 0.15) is 46.8 Å². The van der Waals surface area contributed by atoms with E-state index in [1.54, 1.807) is 4.90 Å². The maximum absolute atomic E-state index is 13.8. The summed E-state index contributed by atoms with van der Waals surface area (Å²) in [5, 5.41) is 7.81. The molecule has 1 atom stereocenters. The van der Waals surface area contributed by atoms with Crippen molar-refractivity contribution >= 4 is 5.91 Å². The second kappa shape index (κ2) is 8.51. The number of rotatable bonds is 4. The Bertz CT molecular complexity index is 969. The minimum Gasteiger partial charge on any atom is -0.337 e. The molecule has 0 bridgehead atoms. The van der Waals surface area contributed by atoms with Gasteiger partial charge in [0.25, 0.3) is 5.91 Å². The van der Waals surface area contributed by atoms with Crippen LogP contribution in [-0.4, -0.2) is 38.9 Å². The van der Waals surface area contributed by atoms with Crippen molar-refractivity contribution in [3.8, 4) is 0 Å². The van der Waals surface area contributed by atoms with Crippen LogP contribution in [0.25, 0.3) is 0 Å². The highest BCUT2D eigenvalue weighted by Crippen LogP contribution is 2.28. The molecule has 0 unspecified atom stereocenters. The molecule has 1 aromatic heterocycles. The molecule has 3 aromatic rings. The van der Waals surface area contributed by atoms with Crippen molar-refractivity contribution in [2.75, 3.05) is 13.1 Å². The largest absolute Gasteiger partial charge is 0.337 e. The first-order valence-corrected chi connectivity index (χ1v) is 9.79. The Hall–Kier alpha value is -3.09. The zero-order chi connectivity index (χ0) is 20.2. The van der Waals surface area contributed by atoms with Gasteiger partial charge in [-0.05, 0) is 42.9 Å². The summed E-state index contributed by atoms with van der Waals surface area (Å²) in [6, 6.07) is 14.1. The van der Waals surface area contributed by atoms with E-state index in [0.717, 1.165) is 19.3 Å². The normalized spacial score (nSPS) is 17.2. The SMILES string of the molecule is O=C(c1cn(Cc2c(F)cccc2F)nn1)N1CCC[C@H](c2ccccc2)CC1. The van der Waals surface area contributed by atoms with Gasteiger partial charge in [0.15, 0.2) is 5.69 Å². The second-order valence-corrected chi connectivity index (χ2v) is 7.33. The van der Waals surface area contributed by atoms with Gasteiger partial charge in [0.2, 0.25) is 0 Å². The van der Waals surface area contributed by atoms with Crippen LogP contribution in [0.2, 0.25) is 0 Å². The van der Waals surface area contributed by atoms with E-state index in [1.807, 2.05) is 18.2 Å². The van der Waals surface area contributed by atoms with Gasteiger partial charge in [-0.3, -0.25) is 4.79 Å². The molecule has 0 radical (unpaired) electrons. The van der Waals surface area contributed by atoms with Crippen molar-refractivity contribution in [2.24, 2.45) is 0 Å².